The van der Waals surface area contributed by atoms with Crippen molar-refractivity contribution in [2.24, 2.45) is 0 Å². The Bertz CT molecular complexity index is 980. The maximum absolute atomic E-state index is 2.54. The molecule has 4 aromatic carbocycles. The minimum Gasteiger partial charge on any atom is -0.0622 e. The number of hydrogen-bond acceptors (Lipinski definition) is 0. The number of hydrogen-bond donors (Lipinski definition) is 0. The Hall–Kier alpha value is -2.26. The Morgan fingerprint density at radius 1 is 0.500 bits per heavy atom. The molecule has 0 nitrogen and oxygen atoms in total. The molecular formula is C28H29P2+. The predicted molar refractivity (Wildman–Crippen MR) is 138 cm³/mol. The van der Waals surface area contributed by atoms with Crippen LogP contribution in [0, 0.1) is 0 Å². The molecule has 150 valence electrons. The van der Waals surface area contributed by atoms with Gasteiger partial charge in [0.1, 0.15) is 4.90 Å². The lowest BCUT2D eigenvalue weighted by Gasteiger charge is -2.43. The SMILES string of the molecule is CC(C)(P(c1ccccc1)c1ccccc1)[P+](C)(c1ccccc1)c1ccccc1. The molecular weight excluding hydrogens is 398 g/mol. The third-order valence-electron chi connectivity index (χ3n) is 6.22. The fourth-order valence-corrected chi connectivity index (χ4v) is 13.0. The highest BCUT2D eigenvalue weighted by Crippen LogP contribution is 2.74. The summed E-state index contributed by atoms with van der Waals surface area (Å²) < 4.78 is 0. The predicted octanol–water partition coefficient (Wildman–Crippen LogP) is 6.15. The van der Waals surface area contributed by atoms with Crippen molar-refractivity contribution in [1.29, 1.82) is 0 Å². The summed E-state index contributed by atoms with van der Waals surface area (Å²) in [7, 11) is -2.32. The third-order valence-corrected chi connectivity index (χ3v) is 15.6. The van der Waals surface area contributed by atoms with E-state index in [1.807, 2.05) is 0 Å². The molecule has 4 aromatic rings. The minimum atomic E-state index is -1.74. The average Bonchev–Trinajstić information content (AvgIpc) is 2.81. The van der Waals surface area contributed by atoms with E-state index in [2.05, 4.69) is 142 Å². The Morgan fingerprint density at radius 3 is 1.13 bits per heavy atom. The first kappa shape index (κ1) is 21.0. The Labute approximate surface area is 183 Å². The molecule has 4 rings (SSSR count). The lowest BCUT2D eigenvalue weighted by molar-refractivity contribution is 0.992. The second kappa shape index (κ2) is 8.85. The second-order valence-electron chi connectivity index (χ2n) is 8.18. The molecule has 30 heavy (non-hydrogen) atoms. The van der Waals surface area contributed by atoms with Gasteiger partial charge in [-0.3, -0.25) is 0 Å². The zero-order valence-corrected chi connectivity index (χ0v) is 19.7. The van der Waals surface area contributed by atoms with Gasteiger partial charge in [0.25, 0.3) is 0 Å². The lowest BCUT2D eigenvalue weighted by atomic mass is 10.4. The van der Waals surface area contributed by atoms with Crippen molar-refractivity contribution in [3.05, 3.63) is 121 Å². The quantitative estimate of drug-likeness (QED) is 0.324. The van der Waals surface area contributed by atoms with Gasteiger partial charge in [-0.15, -0.1) is 0 Å². The summed E-state index contributed by atoms with van der Waals surface area (Å²) in [4.78, 5) is 0.0632. The van der Waals surface area contributed by atoms with Gasteiger partial charge in [-0.1, -0.05) is 97.1 Å². The maximum atomic E-state index is 2.54. The largest absolute Gasteiger partial charge is 0.109 e. The first-order chi connectivity index (χ1) is 14.5. The fraction of sp³-hybridized carbons (Fsp3) is 0.143. The van der Waals surface area contributed by atoms with Crippen LogP contribution in [0.1, 0.15) is 13.8 Å². The summed E-state index contributed by atoms with van der Waals surface area (Å²) in [5.74, 6) is 0. The van der Waals surface area contributed by atoms with Gasteiger partial charge < -0.3 is 0 Å². The summed E-state index contributed by atoms with van der Waals surface area (Å²) in [6.45, 7) is 7.55. The number of rotatable bonds is 6. The van der Waals surface area contributed by atoms with Gasteiger partial charge in [0.15, 0.2) is 0 Å². The standard InChI is InChI=1S/C28H29P2/c1-28(2,29(24-16-8-4-9-17-24)25-18-10-5-11-19-25)30(3,26-20-12-6-13-21-26)27-22-14-7-15-23-27/h4-23H,1-3H3/q+1. The molecule has 0 radical (unpaired) electrons. The van der Waals surface area contributed by atoms with Crippen molar-refractivity contribution in [2.75, 3.05) is 6.66 Å². The van der Waals surface area contributed by atoms with Crippen LogP contribution < -0.4 is 21.2 Å². The highest BCUT2D eigenvalue weighted by Gasteiger charge is 2.56. The van der Waals surface area contributed by atoms with E-state index in [-0.39, 0.29) is 4.90 Å². The van der Waals surface area contributed by atoms with Crippen LogP contribution in [-0.4, -0.2) is 11.6 Å². The molecule has 0 saturated heterocycles. The first-order valence-electron chi connectivity index (χ1n) is 10.4. The highest BCUT2D eigenvalue weighted by molar-refractivity contribution is 8.00. The van der Waals surface area contributed by atoms with Gasteiger partial charge in [-0.05, 0) is 48.7 Å². The van der Waals surface area contributed by atoms with E-state index in [0.717, 1.165) is 0 Å². The van der Waals surface area contributed by atoms with Crippen LogP contribution in [0.15, 0.2) is 121 Å². The molecule has 0 amide bonds. The van der Waals surface area contributed by atoms with Gasteiger partial charge in [-0.2, -0.15) is 0 Å². The van der Waals surface area contributed by atoms with Crippen molar-refractivity contribution in [1.82, 2.24) is 0 Å². The normalized spacial score (nSPS) is 12.1. The van der Waals surface area contributed by atoms with Crippen LogP contribution in [-0.2, 0) is 0 Å². The minimum absolute atomic E-state index is 0.0632. The lowest BCUT2D eigenvalue weighted by Crippen LogP contribution is -2.40. The Morgan fingerprint density at radius 2 is 0.800 bits per heavy atom. The molecule has 0 aliphatic carbocycles. The monoisotopic (exact) mass is 427 g/mol. The molecule has 0 saturated carbocycles. The van der Waals surface area contributed by atoms with E-state index in [1.165, 1.54) is 21.2 Å². The molecule has 0 spiro atoms. The smallest absolute Gasteiger partial charge is 0.0622 e. The summed E-state index contributed by atoms with van der Waals surface area (Å²) in [6, 6.07) is 44.7. The third kappa shape index (κ3) is 3.76. The molecule has 0 bridgehead atoms. The van der Waals surface area contributed by atoms with Gasteiger partial charge in [0.05, 0.1) is 24.5 Å². The van der Waals surface area contributed by atoms with E-state index in [9.17, 15) is 0 Å². The Balaban J connectivity index is 1.98. The molecule has 2 heteroatoms. The average molecular weight is 427 g/mol. The van der Waals surface area contributed by atoms with Gasteiger partial charge in [-0.25, -0.2) is 0 Å². The summed E-state index contributed by atoms with van der Waals surface area (Å²) in [6.07, 6.45) is 0. The summed E-state index contributed by atoms with van der Waals surface area (Å²) >= 11 is 0. The van der Waals surface area contributed by atoms with Crippen molar-refractivity contribution in [3.8, 4) is 0 Å². The van der Waals surface area contributed by atoms with Crippen LogP contribution in [0.5, 0.6) is 0 Å². The fourth-order valence-electron chi connectivity index (χ4n) is 4.37. The summed E-state index contributed by atoms with van der Waals surface area (Å²) in [5, 5.41) is 5.84. The number of benzene rings is 4. The zero-order chi connectivity index (χ0) is 21.0. The van der Waals surface area contributed by atoms with Gasteiger partial charge >= 0.3 is 0 Å². The molecule has 0 heterocycles. The maximum Gasteiger partial charge on any atom is 0.109 e. The molecule has 0 fully saturated rings. The van der Waals surface area contributed by atoms with Gasteiger partial charge in [0.2, 0.25) is 0 Å². The van der Waals surface area contributed by atoms with Crippen LogP contribution >= 0.6 is 15.2 Å². The highest BCUT2D eigenvalue weighted by atomic mass is 31.2. The van der Waals surface area contributed by atoms with Crippen molar-refractivity contribution in [3.63, 3.8) is 0 Å². The molecule has 0 atom stereocenters. The van der Waals surface area contributed by atoms with E-state index < -0.39 is 15.2 Å². The van der Waals surface area contributed by atoms with Gasteiger partial charge in [0, 0.05) is 7.92 Å². The molecule has 0 aromatic heterocycles. The van der Waals surface area contributed by atoms with Crippen molar-refractivity contribution < 1.29 is 0 Å². The molecule has 0 unspecified atom stereocenters. The summed E-state index contributed by atoms with van der Waals surface area (Å²) in [5.41, 5.74) is 0. The van der Waals surface area contributed by atoms with E-state index >= 15 is 0 Å². The van der Waals surface area contributed by atoms with Crippen molar-refractivity contribution in [2.45, 2.75) is 18.7 Å². The van der Waals surface area contributed by atoms with E-state index in [1.54, 1.807) is 0 Å². The Kier molecular flexibility index (Phi) is 6.19. The zero-order valence-electron chi connectivity index (χ0n) is 17.9. The topological polar surface area (TPSA) is 0 Å². The van der Waals surface area contributed by atoms with E-state index in [0.29, 0.717) is 0 Å². The van der Waals surface area contributed by atoms with Crippen LogP contribution in [0.3, 0.4) is 0 Å². The first-order valence-corrected chi connectivity index (χ1v) is 14.0. The van der Waals surface area contributed by atoms with E-state index in [4.69, 9.17) is 0 Å². The second-order valence-corrected chi connectivity index (χ2v) is 15.5. The van der Waals surface area contributed by atoms with Crippen LogP contribution in [0.2, 0.25) is 0 Å². The van der Waals surface area contributed by atoms with Crippen LogP contribution in [0.4, 0.5) is 0 Å². The molecule has 0 N–H and O–H groups in total. The molecule has 0 aliphatic rings. The molecule has 0 aliphatic heterocycles. The van der Waals surface area contributed by atoms with Crippen molar-refractivity contribution >= 4 is 36.4 Å². The van der Waals surface area contributed by atoms with Crippen LogP contribution in [0.25, 0.3) is 0 Å².